The second kappa shape index (κ2) is 12.8. The van der Waals surface area contributed by atoms with Gasteiger partial charge in [0.1, 0.15) is 12.6 Å². The van der Waals surface area contributed by atoms with Crippen LogP contribution in [0.1, 0.15) is 29.9 Å². The van der Waals surface area contributed by atoms with Crippen molar-refractivity contribution in [2.45, 2.75) is 24.8 Å². The highest BCUT2D eigenvalue weighted by Gasteiger charge is 2.29. The SMILES string of the molecule is COC(=O)CCC(NC(=O)CSCCNC(=O)OCC1c2ccccc2-c2ccccc21)C(=O)O. The van der Waals surface area contributed by atoms with Gasteiger partial charge in [-0.25, -0.2) is 9.59 Å². The summed E-state index contributed by atoms with van der Waals surface area (Å²) in [6, 6.07) is 15.0. The molecule has 186 valence electrons. The molecule has 2 amide bonds. The average Bonchev–Trinajstić information content (AvgIpc) is 3.18. The lowest BCUT2D eigenvalue weighted by molar-refractivity contribution is -0.143. The fourth-order valence-corrected chi connectivity index (χ4v) is 4.56. The number of carboxylic acid groups (broad SMARTS) is 1. The Labute approximate surface area is 207 Å². The monoisotopic (exact) mass is 500 g/mol. The van der Waals surface area contributed by atoms with E-state index in [-0.39, 0.29) is 31.1 Å². The number of carboxylic acids is 1. The fraction of sp³-hybridized carbons (Fsp3) is 0.360. The van der Waals surface area contributed by atoms with E-state index in [2.05, 4.69) is 27.5 Å². The van der Waals surface area contributed by atoms with Crippen molar-refractivity contribution >= 4 is 35.7 Å². The normalized spacial score (nSPS) is 12.7. The van der Waals surface area contributed by atoms with Crippen molar-refractivity contribution < 1.29 is 33.8 Å². The van der Waals surface area contributed by atoms with Crippen LogP contribution in [-0.2, 0) is 23.9 Å². The molecule has 0 heterocycles. The molecule has 0 saturated carbocycles. The molecule has 1 aliphatic carbocycles. The number of ether oxygens (including phenoxy) is 2. The van der Waals surface area contributed by atoms with E-state index in [0.717, 1.165) is 22.3 Å². The molecule has 10 heteroatoms. The van der Waals surface area contributed by atoms with E-state index in [1.807, 2.05) is 36.4 Å². The standard InChI is InChI=1S/C25H28N2O7S/c1-33-23(29)11-10-21(24(30)31)27-22(28)15-35-13-12-26-25(32)34-14-20-18-8-4-2-6-16(18)17-7-3-5-9-19(17)20/h2-9,20-21H,10-15H2,1H3,(H,26,32)(H,27,28)(H,30,31). The zero-order valence-electron chi connectivity index (χ0n) is 19.3. The molecule has 1 aliphatic rings. The van der Waals surface area contributed by atoms with Gasteiger partial charge in [-0.1, -0.05) is 48.5 Å². The van der Waals surface area contributed by atoms with Crippen LogP contribution in [0.3, 0.4) is 0 Å². The van der Waals surface area contributed by atoms with Crippen molar-refractivity contribution in [1.29, 1.82) is 0 Å². The van der Waals surface area contributed by atoms with Gasteiger partial charge >= 0.3 is 18.0 Å². The number of fused-ring (bicyclic) bond motifs is 3. The fourth-order valence-electron chi connectivity index (χ4n) is 3.90. The molecule has 0 bridgehead atoms. The van der Waals surface area contributed by atoms with E-state index in [1.54, 1.807) is 0 Å². The summed E-state index contributed by atoms with van der Waals surface area (Å²) in [5.41, 5.74) is 4.58. The van der Waals surface area contributed by atoms with Crippen molar-refractivity contribution in [3.8, 4) is 11.1 Å². The number of benzene rings is 2. The van der Waals surface area contributed by atoms with E-state index in [9.17, 15) is 24.3 Å². The Hall–Kier alpha value is -3.53. The minimum absolute atomic E-state index is 0.0208. The van der Waals surface area contributed by atoms with E-state index in [0.29, 0.717) is 12.3 Å². The van der Waals surface area contributed by atoms with Crippen LogP contribution < -0.4 is 10.6 Å². The number of hydrogen-bond acceptors (Lipinski definition) is 7. The van der Waals surface area contributed by atoms with Crippen molar-refractivity contribution in [1.82, 2.24) is 10.6 Å². The zero-order chi connectivity index (χ0) is 25.2. The molecular weight excluding hydrogens is 472 g/mol. The molecule has 0 aliphatic heterocycles. The van der Waals surface area contributed by atoms with Crippen LogP contribution >= 0.6 is 11.8 Å². The third-order valence-corrected chi connectivity index (χ3v) is 6.55. The average molecular weight is 501 g/mol. The molecule has 2 aromatic rings. The van der Waals surface area contributed by atoms with Crippen LogP contribution in [0.15, 0.2) is 48.5 Å². The number of carbonyl (C=O) groups is 4. The lowest BCUT2D eigenvalue weighted by Gasteiger charge is -2.15. The number of thioether (sulfide) groups is 1. The molecule has 0 radical (unpaired) electrons. The maximum absolute atomic E-state index is 12.2. The second-order valence-electron chi connectivity index (χ2n) is 7.88. The van der Waals surface area contributed by atoms with Crippen molar-refractivity contribution in [3.05, 3.63) is 59.7 Å². The minimum Gasteiger partial charge on any atom is -0.480 e. The van der Waals surface area contributed by atoms with E-state index < -0.39 is 30.0 Å². The van der Waals surface area contributed by atoms with Gasteiger partial charge in [0.05, 0.1) is 12.9 Å². The summed E-state index contributed by atoms with van der Waals surface area (Å²) in [5.74, 6) is -1.78. The predicted molar refractivity (Wildman–Crippen MR) is 131 cm³/mol. The highest BCUT2D eigenvalue weighted by Crippen LogP contribution is 2.44. The Kier molecular flexibility index (Phi) is 9.54. The van der Waals surface area contributed by atoms with Gasteiger partial charge in [-0.2, -0.15) is 11.8 Å². The Morgan fingerprint density at radius 3 is 2.26 bits per heavy atom. The Morgan fingerprint density at radius 1 is 1.03 bits per heavy atom. The number of nitrogens with one attached hydrogen (secondary N) is 2. The molecule has 35 heavy (non-hydrogen) atoms. The Balaban J connectivity index is 1.35. The lowest BCUT2D eigenvalue weighted by atomic mass is 9.98. The molecule has 0 spiro atoms. The molecule has 1 unspecified atom stereocenters. The first-order valence-electron chi connectivity index (χ1n) is 11.2. The minimum atomic E-state index is -1.22. The maximum atomic E-state index is 12.2. The number of alkyl carbamates (subject to hydrolysis) is 1. The summed E-state index contributed by atoms with van der Waals surface area (Å²) in [6.45, 7) is 0.511. The van der Waals surface area contributed by atoms with Crippen LogP contribution in [-0.4, -0.2) is 66.9 Å². The molecule has 9 nitrogen and oxygen atoms in total. The predicted octanol–water partition coefficient (Wildman–Crippen LogP) is 2.78. The maximum Gasteiger partial charge on any atom is 0.407 e. The summed E-state index contributed by atoms with van der Waals surface area (Å²) in [6.07, 6.45) is -0.696. The molecule has 1 atom stereocenters. The number of hydrogen-bond donors (Lipinski definition) is 3. The van der Waals surface area contributed by atoms with E-state index in [4.69, 9.17) is 4.74 Å². The van der Waals surface area contributed by atoms with Gasteiger partial charge in [-0.15, -0.1) is 0 Å². The highest BCUT2D eigenvalue weighted by molar-refractivity contribution is 7.99. The van der Waals surface area contributed by atoms with E-state index >= 15 is 0 Å². The van der Waals surface area contributed by atoms with Gasteiger partial charge in [0.25, 0.3) is 0 Å². The van der Waals surface area contributed by atoms with Gasteiger partial charge in [-0.3, -0.25) is 9.59 Å². The molecule has 0 fully saturated rings. The number of carbonyl (C=O) groups excluding carboxylic acids is 3. The molecule has 3 rings (SSSR count). The lowest BCUT2D eigenvalue weighted by Crippen LogP contribution is -2.42. The zero-order valence-corrected chi connectivity index (χ0v) is 20.1. The summed E-state index contributed by atoms with van der Waals surface area (Å²) in [5, 5.41) is 14.2. The van der Waals surface area contributed by atoms with Gasteiger partial charge < -0.3 is 25.2 Å². The quantitative estimate of drug-likeness (QED) is 0.300. The largest absolute Gasteiger partial charge is 0.480 e. The summed E-state index contributed by atoms with van der Waals surface area (Å²) < 4.78 is 9.94. The van der Waals surface area contributed by atoms with Crippen LogP contribution in [0.5, 0.6) is 0 Å². The Bertz CT molecular complexity index is 1030. The number of rotatable bonds is 12. The first-order chi connectivity index (χ1) is 16.9. The van der Waals surface area contributed by atoms with Gasteiger partial charge in [0.2, 0.25) is 5.91 Å². The molecule has 0 aromatic heterocycles. The number of esters is 1. The third-order valence-electron chi connectivity index (χ3n) is 5.59. The van der Waals surface area contributed by atoms with Crippen LogP contribution in [0.25, 0.3) is 11.1 Å². The van der Waals surface area contributed by atoms with Gasteiger partial charge in [0.15, 0.2) is 0 Å². The molecule has 2 aromatic carbocycles. The smallest absolute Gasteiger partial charge is 0.407 e. The number of amides is 2. The van der Waals surface area contributed by atoms with Crippen LogP contribution in [0.2, 0.25) is 0 Å². The first kappa shape index (κ1) is 26.1. The second-order valence-corrected chi connectivity index (χ2v) is 8.98. The summed E-state index contributed by atoms with van der Waals surface area (Å²) in [7, 11) is 1.21. The molecular formula is C25H28N2O7S. The Morgan fingerprint density at radius 2 is 1.66 bits per heavy atom. The van der Waals surface area contributed by atoms with E-state index in [1.165, 1.54) is 18.9 Å². The number of aliphatic carboxylic acids is 1. The number of methoxy groups -OCH3 is 1. The van der Waals surface area contributed by atoms with Crippen molar-refractivity contribution in [3.63, 3.8) is 0 Å². The van der Waals surface area contributed by atoms with Crippen LogP contribution in [0, 0.1) is 0 Å². The molecule has 3 N–H and O–H groups in total. The third kappa shape index (κ3) is 7.22. The van der Waals surface area contributed by atoms with Gasteiger partial charge in [0, 0.05) is 24.6 Å². The molecule has 0 saturated heterocycles. The van der Waals surface area contributed by atoms with Crippen molar-refractivity contribution in [2.24, 2.45) is 0 Å². The van der Waals surface area contributed by atoms with Gasteiger partial charge in [-0.05, 0) is 28.7 Å². The summed E-state index contributed by atoms with van der Waals surface area (Å²) in [4.78, 5) is 46.6. The first-order valence-corrected chi connectivity index (χ1v) is 12.3. The summed E-state index contributed by atoms with van der Waals surface area (Å²) >= 11 is 1.24. The van der Waals surface area contributed by atoms with Crippen LogP contribution in [0.4, 0.5) is 4.79 Å². The topological polar surface area (TPSA) is 131 Å². The van der Waals surface area contributed by atoms with Crippen molar-refractivity contribution in [2.75, 3.05) is 31.8 Å². The highest BCUT2D eigenvalue weighted by atomic mass is 32.2.